The first kappa shape index (κ1) is 17.1. The molecule has 0 aromatic heterocycles. The predicted molar refractivity (Wildman–Crippen MR) is 81.2 cm³/mol. The molecule has 122 valence electrons. The van der Waals surface area contributed by atoms with Gasteiger partial charge in [0.2, 0.25) is 10.0 Å². The summed E-state index contributed by atoms with van der Waals surface area (Å²) in [6, 6.07) is 4.83. The summed E-state index contributed by atoms with van der Waals surface area (Å²) < 4.78 is 62.5. The second kappa shape index (κ2) is 6.49. The van der Waals surface area contributed by atoms with Crippen molar-refractivity contribution in [1.82, 2.24) is 4.31 Å². The third-order valence-corrected chi connectivity index (χ3v) is 6.07. The van der Waals surface area contributed by atoms with Gasteiger partial charge >= 0.3 is 6.18 Å². The lowest BCUT2D eigenvalue weighted by Gasteiger charge is -2.18. The topological polar surface area (TPSA) is 49.7 Å². The molecule has 0 bridgehead atoms. The first-order chi connectivity index (χ1) is 10.2. The van der Waals surface area contributed by atoms with Gasteiger partial charge in [-0.3, -0.25) is 4.99 Å². The number of nitrogens with zero attached hydrogens (tertiary/aromatic N) is 2. The quantitative estimate of drug-likeness (QED) is 0.837. The molecule has 0 aliphatic carbocycles. The highest BCUT2D eigenvalue weighted by molar-refractivity contribution is 8.14. The molecule has 1 aromatic carbocycles. The van der Waals surface area contributed by atoms with Crippen LogP contribution in [0.3, 0.4) is 0 Å². The molecule has 1 aliphatic heterocycles. The molecule has 9 heteroatoms. The van der Waals surface area contributed by atoms with Crippen LogP contribution >= 0.6 is 11.8 Å². The Morgan fingerprint density at radius 2 is 1.91 bits per heavy atom. The fourth-order valence-electron chi connectivity index (χ4n) is 1.88. The van der Waals surface area contributed by atoms with Gasteiger partial charge in [0.25, 0.3) is 0 Å². The summed E-state index contributed by atoms with van der Waals surface area (Å²) in [7, 11) is -3.34. The standard InChI is InChI=1S/C13H15F3N2O2S2/c1-2-22(19,20)18-8-7-17-12(18)21-9-10-3-5-11(6-4-10)13(14,15)16/h3-6H,2,7-9H2,1H3. The van der Waals surface area contributed by atoms with E-state index < -0.39 is 21.8 Å². The fraction of sp³-hybridized carbons (Fsp3) is 0.462. The Balaban J connectivity index is 2.01. The normalized spacial score (nSPS) is 16.0. The third-order valence-electron chi connectivity index (χ3n) is 3.11. The smallest absolute Gasteiger partial charge is 0.260 e. The van der Waals surface area contributed by atoms with Crippen molar-refractivity contribution in [2.45, 2.75) is 18.9 Å². The third kappa shape index (κ3) is 3.95. The highest BCUT2D eigenvalue weighted by Gasteiger charge is 2.30. The van der Waals surface area contributed by atoms with E-state index in [0.717, 1.165) is 12.1 Å². The monoisotopic (exact) mass is 352 g/mol. The molecule has 0 unspecified atom stereocenters. The Bertz CT molecular complexity index is 655. The van der Waals surface area contributed by atoms with Crippen LogP contribution in [-0.4, -0.2) is 36.7 Å². The molecule has 0 N–H and O–H groups in total. The lowest BCUT2D eigenvalue weighted by molar-refractivity contribution is -0.137. The van der Waals surface area contributed by atoms with E-state index in [4.69, 9.17) is 0 Å². The van der Waals surface area contributed by atoms with E-state index in [2.05, 4.69) is 4.99 Å². The van der Waals surface area contributed by atoms with Gasteiger partial charge in [0.05, 0.1) is 24.4 Å². The van der Waals surface area contributed by atoms with E-state index >= 15 is 0 Å². The Morgan fingerprint density at radius 3 is 2.45 bits per heavy atom. The first-order valence-electron chi connectivity index (χ1n) is 6.58. The molecule has 0 saturated carbocycles. The van der Waals surface area contributed by atoms with E-state index in [1.54, 1.807) is 6.92 Å². The van der Waals surface area contributed by atoms with Gasteiger partial charge in [-0.1, -0.05) is 23.9 Å². The zero-order chi connectivity index (χ0) is 16.4. The number of thioether (sulfide) groups is 1. The number of rotatable bonds is 4. The number of benzene rings is 1. The van der Waals surface area contributed by atoms with E-state index in [1.807, 2.05) is 0 Å². The number of aliphatic imine (C=N–C) groups is 1. The zero-order valence-electron chi connectivity index (χ0n) is 11.8. The molecule has 1 aliphatic rings. The number of hydrogen-bond donors (Lipinski definition) is 0. The van der Waals surface area contributed by atoms with Crippen molar-refractivity contribution in [1.29, 1.82) is 0 Å². The summed E-state index contributed by atoms with van der Waals surface area (Å²) in [6.45, 7) is 2.30. The van der Waals surface area contributed by atoms with Gasteiger partial charge in [-0.25, -0.2) is 12.7 Å². The predicted octanol–water partition coefficient (Wildman–Crippen LogP) is 2.96. The van der Waals surface area contributed by atoms with Crippen LogP contribution in [0, 0.1) is 0 Å². The zero-order valence-corrected chi connectivity index (χ0v) is 13.4. The summed E-state index contributed by atoms with van der Waals surface area (Å²) >= 11 is 1.22. The minimum Gasteiger partial charge on any atom is -0.260 e. The van der Waals surface area contributed by atoms with Gasteiger partial charge in [0.1, 0.15) is 0 Å². The largest absolute Gasteiger partial charge is 0.416 e. The minimum absolute atomic E-state index is 0.00708. The number of halogens is 3. The number of hydrogen-bond acceptors (Lipinski definition) is 4. The Kier molecular flexibility index (Phi) is 5.06. The molecule has 0 fully saturated rings. The van der Waals surface area contributed by atoms with Crippen molar-refractivity contribution < 1.29 is 21.6 Å². The molecule has 4 nitrogen and oxygen atoms in total. The van der Waals surface area contributed by atoms with Crippen LogP contribution in [0.15, 0.2) is 29.3 Å². The second-order valence-corrected chi connectivity index (χ2v) is 7.74. The van der Waals surface area contributed by atoms with Crippen LogP contribution < -0.4 is 0 Å². The van der Waals surface area contributed by atoms with Crippen molar-refractivity contribution in [3.8, 4) is 0 Å². The van der Waals surface area contributed by atoms with Gasteiger partial charge in [0.15, 0.2) is 5.17 Å². The molecule has 0 spiro atoms. The van der Waals surface area contributed by atoms with Gasteiger partial charge in [0, 0.05) is 5.75 Å². The van der Waals surface area contributed by atoms with E-state index in [0.29, 0.717) is 29.6 Å². The maximum absolute atomic E-state index is 12.5. The molecule has 0 atom stereocenters. The summed E-state index contributed by atoms with van der Waals surface area (Å²) in [5.41, 5.74) is -0.0175. The number of alkyl halides is 3. The maximum atomic E-state index is 12.5. The molecule has 1 aromatic rings. The minimum atomic E-state index is -4.35. The van der Waals surface area contributed by atoms with Crippen molar-refractivity contribution in [2.75, 3.05) is 18.8 Å². The maximum Gasteiger partial charge on any atom is 0.416 e. The highest BCUT2D eigenvalue weighted by atomic mass is 32.2. The highest BCUT2D eigenvalue weighted by Crippen LogP contribution is 2.30. The lowest BCUT2D eigenvalue weighted by Crippen LogP contribution is -2.34. The number of amidine groups is 1. The van der Waals surface area contributed by atoms with Crippen molar-refractivity contribution in [3.63, 3.8) is 0 Å². The van der Waals surface area contributed by atoms with E-state index in [1.165, 1.54) is 28.2 Å². The Morgan fingerprint density at radius 1 is 1.27 bits per heavy atom. The summed E-state index contributed by atoms with van der Waals surface area (Å²) in [4.78, 5) is 4.15. The molecule has 1 heterocycles. The number of sulfonamides is 1. The summed E-state index contributed by atoms with van der Waals surface area (Å²) in [5, 5.41) is 0.404. The van der Waals surface area contributed by atoms with E-state index in [-0.39, 0.29) is 5.75 Å². The van der Waals surface area contributed by atoms with Crippen molar-refractivity contribution >= 4 is 27.0 Å². The van der Waals surface area contributed by atoms with Crippen molar-refractivity contribution in [3.05, 3.63) is 35.4 Å². The molecule has 0 radical (unpaired) electrons. The molecular weight excluding hydrogens is 337 g/mol. The van der Waals surface area contributed by atoms with Gasteiger partial charge < -0.3 is 0 Å². The van der Waals surface area contributed by atoms with Crippen LogP contribution in [0.25, 0.3) is 0 Å². The second-order valence-electron chi connectivity index (χ2n) is 4.62. The Labute approximate surface area is 131 Å². The lowest BCUT2D eigenvalue weighted by atomic mass is 10.1. The fourth-order valence-corrected chi connectivity index (χ4v) is 4.25. The van der Waals surface area contributed by atoms with Crippen LogP contribution in [0.4, 0.5) is 13.2 Å². The molecular formula is C13H15F3N2O2S2. The average Bonchev–Trinajstić information content (AvgIpc) is 2.94. The van der Waals surface area contributed by atoms with Crippen molar-refractivity contribution in [2.24, 2.45) is 4.99 Å². The van der Waals surface area contributed by atoms with Crippen LogP contribution in [0.5, 0.6) is 0 Å². The van der Waals surface area contributed by atoms with Gasteiger partial charge in [-0.15, -0.1) is 0 Å². The van der Waals surface area contributed by atoms with Crippen LogP contribution in [0.2, 0.25) is 0 Å². The molecule has 0 amide bonds. The summed E-state index contributed by atoms with van der Waals surface area (Å²) in [5.74, 6) is 0.361. The SMILES string of the molecule is CCS(=O)(=O)N1CCN=C1SCc1ccc(C(F)(F)F)cc1. The average molecular weight is 352 g/mol. The molecule has 0 saturated heterocycles. The summed E-state index contributed by atoms with van der Waals surface area (Å²) in [6.07, 6.45) is -4.35. The van der Waals surface area contributed by atoms with E-state index in [9.17, 15) is 21.6 Å². The van der Waals surface area contributed by atoms with Gasteiger partial charge in [-0.05, 0) is 24.6 Å². The van der Waals surface area contributed by atoms with Crippen LogP contribution in [-0.2, 0) is 22.0 Å². The first-order valence-corrected chi connectivity index (χ1v) is 9.17. The molecule has 2 rings (SSSR count). The molecule has 22 heavy (non-hydrogen) atoms. The van der Waals surface area contributed by atoms with Gasteiger partial charge in [-0.2, -0.15) is 13.2 Å². The van der Waals surface area contributed by atoms with Crippen LogP contribution in [0.1, 0.15) is 18.1 Å². The Hall–Kier alpha value is -1.22.